The Kier molecular flexibility index (Phi) is 3.97. The second-order valence-corrected chi connectivity index (χ2v) is 6.53. The maximum atomic E-state index is 11.8. The van der Waals surface area contributed by atoms with Gasteiger partial charge in [-0.1, -0.05) is 55.5 Å². The molecular weight excluding hydrogens is 294 g/mol. The monoisotopic (exact) mass is 309 g/mol. The van der Waals surface area contributed by atoms with Crippen molar-refractivity contribution in [2.24, 2.45) is 5.92 Å². The zero-order valence-corrected chi connectivity index (χ0v) is 12.2. The Morgan fingerprint density at radius 1 is 1.33 bits per heavy atom. The van der Waals surface area contributed by atoms with Crippen molar-refractivity contribution in [2.45, 2.75) is 18.2 Å². The van der Waals surface area contributed by atoms with E-state index in [0.29, 0.717) is 0 Å². The number of allylic oxidation sites excluding steroid dienone is 2. The standard InChI is InChI=1S/C14H15NO5S/c1-11-6-5-9-13(10-12-7-3-2-4-8-12)14(11,15(16)17)21(18,19)20/h2-9,11H,10H2,1H3,(H,18,19,20). The highest BCUT2D eigenvalue weighted by Gasteiger charge is 2.62. The molecule has 0 aromatic heterocycles. The molecule has 2 unspecified atom stereocenters. The topological polar surface area (TPSA) is 97.5 Å². The fourth-order valence-electron chi connectivity index (χ4n) is 2.66. The first-order chi connectivity index (χ1) is 9.80. The van der Waals surface area contributed by atoms with E-state index in [4.69, 9.17) is 0 Å². The van der Waals surface area contributed by atoms with Crippen LogP contribution in [0.25, 0.3) is 0 Å². The van der Waals surface area contributed by atoms with Crippen LogP contribution in [0.1, 0.15) is 12.5 Å². The minimum Gasteiger partial charge on any atom is -0.280 e. The predicted octanol–water partition coefficient (Wildman–Crippen LogP) is 2.22. The molecule has 0 saturated carbocycles. The average molecular weight is 309 g/mol. The van der Waals surface area contributed by atoms with Crippen LogP contribution < -0.4 is 0 Å². The van der Waals surface area contributed by atoms with Crippen LogP contribution in [0.4, 0.5) is 0 Å². The van der Waals surface area contributed by atoms with Gasteiger partial charge in [-0.05, 0) is 5.56 Å². The van der Waals surface area contributed by atoms with Gasteiger partial charge in [0.1, 0.15) is 0 Å². The molecular formula is C14H15NO5S. The Labute approximate surface area is 122 Å². The maximum absolute atomic E-state index is 11.8. The van der Waals surface area contributed by atoms with Crippen LogP contribution in [-0.4, -0.2) is 22.8 Å². The van der Waals surface area contributed by atoms with Crippen LogP contribution >= 0.6 is 0 Å². The smallest absolute Gasteiger partial charge is 0.280 e. The van der Waals surface area contributed by atoms with Crippen LogP contribution in [0.5, 0.6) is 0 Å². The quantitative estimate of drug-likeness (QED) is 0.522. The summed E-state index contributed by atoms with van der Waals surface area (Å²) in [6.45, 7) is 1.41. The first-order valence-corrected chi connectivity index (χ1v) is 7.77. The summed E-state index contributed by atoms with van der Waals surface area (Å²) >= 11 is 0. The van der Waals surface area contributed by atoms with E-state index in [1.54, 1.807) is 36.4 Å². The third-order valence-electron chi connectivity index (χ3n) is 3.68. The fourth-order valence-corrected chi connectivity index (χ4v) is 3.87. The van der Waals surface area contributed by atoms with Crippen LogP contribution in [0.15, 0.2) is 54.1 Å². The molecule has 0 heterocycles. The largest absolute Gasteiger partial charge is 0.370 e. The van der Waals surface area contributed by atoms with E-state index >= 15 is 0 Å². The molecule has 1 aromatic carbocycles. The normalized spacial score (nSPS) is 25.4. The van der Waals surface area contributed by atoms with E-state index < -0.39 is 25.8 Å². The first kappa shape index (κ1) is 15.4. The molecule has 1 aliphatic carbocycles. The molecule has 21 heavy (non-hydrogen) atoms. The van der Waals surface area contributed by atoms with Crippen LogP contribution in [0.3, 0.4) is 0 Å². The average Bonchev–Trinajstić information content (AvgIpc) is 2.38. The second kappa shape index (κ2) is 5.42. The Hall–Kier alpha value is -1.99. The Balaban J connectivity index is 2.58. The van der Waals surface area contributed by atoms with Gasteiger partial charge in [-0.25, -0.2) is 0 Å². The van der Waals surface area contributed by atoms with Crippen LogP contribution in [0.2, 0.25) is 0 Å². The zero-order chi connectivity index (χ0) is 15.7. The summed E-state index contributed by atoms with van der Waals surface area (Å²) < 4.78 is 33.1. The number of nitro groups is 1. The zero-order valence-electron chi connectivity index (χ0n) is 11.3. The molecule has 1 aromatic rings. The van der Waals surface area contributed by atoms with Crippen molar-refractivity contribution in [3.05, 3.63) is 69.8 Å². The van der Waals surface area contributed by atoms with Gasteiger partial charge < -0.3 is 0 Å². The van der Waals surface area contributed by atoms with Gasteiger partial charge >= 0.3 is 15.0 Å². The number of nitrogens with zero attached hydrogens (tertiary/aromatic N) is 1. The molecule has 0 spiro atoms. The number of hydrogen-bond donors (Lipinski definition) is 1. The molecule has 2 atom stereocenters. The van der Waals surface area contributed by atoms with Crippen molar-refractivity contribution < 1.29 is 17.9 Å². The van der Waals surface area contributed by atoms with Gasteiger partial charge in [-0.3, -0.25) is 14.7 Å². The second-order valence-electron chi connectivity index (χ2n) is 4.96. The molecule has 0 aliphatic heterocycles. The van der Waals surface area contributed by atoms with E-state index in [1.807, 2.05) is 0 Å². The SMILES string of the molecule is CC1C=CC=C(Cc2ccccc2)C1([N+](=O)[O-])S(=O)(=O)O. The summed E-state index contributed by atoms with van der Waals surface area (Å²) in [4.78, 5) is 8.08. The van der Waals surface area contributed by atoms with Gasteiger partial charge in [-0.15, -0.1) is 0 Å². The first-order valence-electron chi connectivity index (χ1n) is 6.33. The Morgan fingerprint density at radius 3 is 2.48 bits per heavy atom. The van der Waals surface area contributed by atoms with Gasteiger partial charge in [0, 0.05) is 12.0 Å². The van der Waals surface area contributed by atoms with Crippen molar-refractivity contribution >= 4 is 10.1 Å². The molecule has 0 radical (unpaired) electrons. The van der Waals surface area contributed by atoms with Gasteiger partial charge in [0.25, 0.3) is 0 Å². The third kappa shape index (κ3) is 2.50. The highest BCUT2D eigenvalue weighted by atomic mass is 32.2. The fraction of sp³-hybridized carbons (Fsp3) is 0.286. The van der Waals surface area contributed by atoms with Gasteiger partial charge in [0.15, 0.2) is 0 Å². The van der Waals surface area contributed by atoms with E-state index in [2.05, 4.69) is 0 Å². The minimum atomic E-state index is -4.92. The lowest BCUT2D eigenvalue weighted by atomic mass is 9.86. The van der Waals surface area contributed by atoms with Gasteiger partial charge in [0.05, 0.1) is 10.8 Å². The van der Waals surface area contributed by atoms with E-state index in [0.717, 1.165) is 5.56 Å². The van der Waals surface area contributed by atoms with Gasteiger partial charge in [0.2, 0.25) is 0 Å². The van der Waals surface area contributed by atoms with Crippen molar-refractivity contribution in [3.8, 4) is 0 Å². The summed E-state index contributed by atoms with van der Waals surface area (Å²) in [7, 11) is -4.92. The van der Waals surface area contributed by atoms with Crippen LogP contribution in [0, 0.1) is 16.0 Å². The van der Waals surface area contributed by atoms with E-state index in [1.165, 1.54) is 19.1 Å². The van der Waals surface area contributed by atoms with E-state index in [9.17, 15) is 23.1 Å². The molecule has 112 valence electrons. The Morgan fingerprint density at radius 2 is 1.95 bits per heavy atom. The number of hydrogen-bond acceptors (Lipinski definition) is 4. The molecule has 6 nitrogen and oxygen atoms in total. The van der Waals surface area contributed by atoms with E-state index in [-0.39, 0.29) is 12.0 Å². The molecule has 0 bridgehead atoms. The van der Waals surface area contributed by atoms with Crippen molar-refractivity contribution in [1.29, 1.82) is 0 Å². The highest BCUT2D eigenvalue weighted by Crippen LogP contribution is 2.39. The summed E-state index contributed by atoms with van der Waals surface area (Å²) in [5.74, 6) is -0.966. The predicted molar refractivity (Wildman–Crippen MR) is 77.8 cm³/mol. The van der Waals surface area contributed by atoms with Crippen LogP contribution in [-0.2, 0) is 16.5 Å². The molecule has 2 rings (SSSR count). The number of benzene rings is 1. The van der Waals surface area contributed by atoms with Crippen molar-refractivity contribution in [2.75, 3.05) is 0 Å². The lowest BCUT2D eigenvalue weighted by molar-refractivity contribution is -0.538. The molecule has 7 heteroatoms. The van der Waals surface area contributed by atoms with Crippen molar-refractivity contribution in [3.63, 3.8) is 0 Å². The highest BCUT2D eigenvalue weighted by molar-refractivity contribution is 7.87. The minimum absolute atomic E-state index is 0.0520. The summed E-state index contributed by atoms with van der Waals surface area (Å²) in [6, 6.07) is 8.82. The third-order valence-corrected chi connectivity index (χ3v) is 5.25. The van der Waals surface area contributed by atoms with Gasteiger partial charge in [-0.2, -0.15) is 8.42 Å². The molecule has 0 saturated heterocycles. The maximum Gasteiger partial charge on any atom is 0.370 e. The molecule has 0 amide bonds. The van der Waals surface area contributed by atoms with Crippen molar-refractivity contribution in [1.82, 2.24) is 0 Å². The summed E-state index contributed by atoms with van der Waals surface area (Å²) in [5.41, 5.74) is 0.789. The molecule has 1 aliphatic rings. The summed E-state index contributed by atoms with van der Waals surface area (Å²) in [5, 5.41) is 11.5. The lowest BCUT2D eigenvalue weighted by Gasteiger charge is -2.30. The Bertz CT molecular complexity index is 708. The summed E-state index contributed by atoms with van der Waals surface area (Å²) in [6.07, 6.45) is 4.46. The number of rotatable bonds is 4. The molecule has 1 N–H and O–H groups in total. The lowest BCUT2D eigenvalue weighted by Crippen LogP contribution is -2.53. The molecule has 0 fully saturated rings.